The molecule has 29 heavy (non-hydrogen) atoms. The first kappa shape index (κ1) is 19.9. The molecule has 3 heterocycles. The quantitative estimate of drug-likeness (QED) is 0.622. The van der Waals surface area contributed by atoms with Gasteiger partial charge in [0.1, 0.15) is 11.4 Å². The minimum absolute atomic E-state index is 0.371. The number of fused-ring (bicyclic) bond motifs is 1. The fourth-order valence-corrected chi connectivity index (χ4v) is 4.84. The SMILES string of the molecule is COC(=O)C(O)c1c(-c2cc(Cl)c3c(c2C)CCCO3)c(-c2cccs2)nn1C. The lowest BCUT2D eigenvalue weighted by Crippen LogP contribution is -2.18. The number of aryl methyl sites for hydroxylation is 1. The van der Waals surface area contributed by atoms with Crippen molar-refractivity contribution in [3.63, 3.8) is 0 Å². The van der Waals surface area contributed by atoms with Crippen LogP contribution >= 0.6 is 22.9 Å². The van der Waals surface area contributed by atoms with E-state index in [4.69, 9.17) is 21.1 Å². The topological polar surface area (TPSA) is 73.6 Å². The van der Waals surface area contributed by atoms with E-state index in [-0.39, 0.29) is 0 Å². The van der Waals surface area contributed by atoms with Crippen LogP contribution in [0.3, 0.4) is 0 Å². The molecule has 4 rings (SSSR count). The second-order valence-corrected chi connectivity index (χ2v) is 8.28. The van der Waals surface area contributed by atoms with Crippen molar-refractivity contribution < 1.29 is 19.4 Å². The van der Waals surface area contributed by atoms with Gasteiger partial charge in [0.05, 0.1) is 29.3 Å². The molecule has 6 nitrogen and oxygen atoms in total. The standard InChI is InChI=1S/C21H21ClN2O4S/c1-11-12-6-4-8-28-20(12)14(22)10-13(11)16-17(15-7-5-9-29-15)23-24(2)18(16)19(25)21(26)27-3/h5,7,9-10,19,25H,4,6,8H2,1-3H3. The summed E-state index contributed by atoms with van der Waals surface area (Å²) in [5.74, 6) is -0.0205. The van der Waals surface area contributed by atoms with Crippen LogP contribution in [-0.4, -0.2) is 34.6 Å². The van der Waals surface area contributed by atoms with Crippen LogP contribution in [0.15, 0.2) is 23.6 Å². The molecule has 0 saturated heterocycles. The Morgan fingerprint density at radius 3 is 2.97 bits per heavy atom. The third-order valence-electron chi connectivity index (χ3n) is 5.24. The molecule has 1 aliphatic rings. The maximum atomic E-state index is 12.2. The monoisotopic (exact) mass is 432 g/mol. The third kappa shape index (κ3) is 3.33. The van der Waals surface area contributed by atoms with Crippen LogP contribution in [0.5, 0.6) is 5.75 Å². The highest BCUT2D eigenvalue weighted by atomic mass is 35.5. The van der Waals surface area contributed by atoms with Crippen molar-refractivity contribution in [2.24, 2.45) is 7.05 Å². The molecule has 3 aromatic rings. The number of nitrogens with zero attached hydrogens (tertiary/aromatic N) is 2. The zero-order valence-corrected chi connectivity index (χ0v) is 17.9. The summed E-state index contributed by atoms with van der Waals surface area (Å²) in [7, 11) is 2.96. The van der Waals surface area contributed by atoms with E-state index in [1.54, 1.807) is 18.4 Å². The van der Waals surface area contributed by atoms with Crippen molar-refractivity contribution in [2.75, 3.05) is 13.7 Å². The molecule has 0 amide bonds. The minimum Gasteiger partial charge on any atom is -0.492 e. The van der Waals surface area contributed by atoms with Gasteiger partial charge in [0.15, 0.2) is 6.10 Å². The Kier molecular flexibility index (Phi) is 5.38. The zero-order chi connectivity index (χ0) is 20.7. The van der Waals surface area contributed by atoms with Crippen LogP contribution < -0.4 is 4.74 Å². The molecular formula is C21H21ClN2O4S. The number of hydrogen-bond acceptors (Lipinski definition) is 6. The second-order valence-electron chi connectivity index (χ2n) is 6.93. The number of aliphatic hydroxyl groups excluding tert-OH is 1. The molecule has 0 fully saturated rings. The van der Waals surface area contributed by atoms with Crippen LogP contribution in [0.25, 0.3) is 21.7 Å². The number of carbonyl (C=O) groups is 1. The highest BCUT2D eigenvalue weighted by Gasteiger charge is 2.32. The van der Waals surface area contributed by atoms with E-state index in [0.717, 1.165) is 40.2 Å². The molecule has 1 aromatic carbocycles. The summed E-state index contributed by atoms with van der Waals surface area (Å²) < 4.78 is 12.1. The van der Waals surface area contributed by atoms with Crippen LogP contribution in [0.4, 0.5) is 0 Å². The lowest BCUT2D eigenvalue weighted by molar-refractivity contribution is -0.151. The molecule has 0 saturated carbocycles. The number of methoxy groups -OCH3 is 1. The summed E-state index contributed by atoms with van der Waals surface area (Å²) in [5.41, 5.74) is 4.63. The van der Waals surface area contributed by atoms with Gasteiger partial charge in [-0.15, -0.1) is 11.3 Å². The van der Waals surface area contributed by atoms with Gasteiger partial charge in [-0.05, 0) is 54.0 Å². The predicted molar refractivity (Wildman–Crippen MR) is 112 cm³/mol. The summed E-state index contributed by atoms with van der Waals surface area (Å²) in [6.45, 7) is 2.66. The van der Waals surface area contributed by atoms with Crippen molar-refractivity contribution in [1.29, 1.82) is 0 Å². The molecule has 0 aliphatic carbocycles. The lowest BCUT2D eigenvalue weighted by Gasteiger charge is -2.23. The highest BCUT2D eigenvalue weighted by Crippen LogP contribution is 2.45. The molecule has 0 bridgehead atoms. The Bertz CT molecular complexity index is 1080. The Morgan fingerprint density at radius 2 is 2.28 bits per heavy atom. The Balaban J connectivity index is 2.02. The maximum absolute atomic E-state index is 12.2. The number of carbonyl (C=O) groups excluding carboxylic acids is 1. The van der Waals surface area contributed by atoms with Crippen LogP contribution in [0, 0.1) is 6.92 Å². The first-order valence-electron chi connectivity index (χ1n) is 9.25. The number of halogens is 1. The summed E-state index contributed by atoms with van der Waals surface area (Å²) in [6, 6.07) is 5.74. The van der Waals surface area contributed by atoms with E-state index in [2.05, 4.69) is 5.10 Å². The first-order valence-corrected chi connectivity index (χ1v) is 10.5. The first-order chi connectivity index (χ1) is 13.9. The average Bonchev–Trinajstić information content (AvgIpc) is 3.37. The van der Waals surface area contributed by atoms with Gasteiger partial charge in [0.2, 0.25) is 0 Å². The maximum Gasteiger partial charge on any atom is 0.341 e. The van der Waals surface area contributed by atoms with Crippen LogP contribution in [0.1, 0.15) is 29.3 Å². The van der Waals surface area contributed by atoms with Crippen LogP contribution in [0.2, 0.25) is 5.02 Å². The summed E-state index contributed by atoms with van der Waals surface area (Å²) in [5, 5.41) is 17.8. The number of thiophene rings is 1. The van der Waals surface area contributed by atoms with E-state index < -0.39 is 12.1 Å². The smallest absolute Gasteiger partial charge is 0.341 e. The van der Waals surface area contributed by atoms with Crippen molar-refractivity contribution in [3.05, 3.63) is 45.4 Å². The molecule has 152 valence electrons. The normalized spacial score (nSPS) is 14.2. The van der Waals surface area contributed by atoms with Crippen molar-refractivity contribution in [2.45, 2.75) is 25.9 Å². The second kappa shape index (κ2) is 7.82. The van der Waals surface area contributed by atoms with E-state index >= 15 is 0 Å². The number of hydrogen-bond donors (Lipinski definition) is 1. The van der Waals surface area contributed by atoms with E-state index in [9.17, 15) is 9.90 Å². The van der Waals surface area contributed by atoms with Crippen molar-refractivity contribution in [3.8, 4) is 27.4 Å². The van der Waals surface area contributed by atoms with E-state index in [1.165, 1.54) is 11.8 Å². The van der Waals surface area contributed by atoms with E-state index in [1.807, 2.05) is 30.5 Å². The Morgan fingerprint density at radius 1 is 1.48 bits per heavy atom. The largest absolute Gasteiger partial charge is 0.492 e. The molecule has 1 aliphatic heterocycles. The third-order valence-corrected chi connectivity index (χ3v) is 6.39. The van der Waals surface area contributed by atoms with Gasteiger partial charge in [0, 0.05) is 12.6 Å². The van der Waals surface area contributed by atoms with Crippen LogP contribution in [-0.2, 0) is 23.0 Å². The van der Waals surface area contributed by atoms with Gasteiger partial charge in [0.25, 0.3) is 0 Å². The molecule has 2 aromatic heterocycles. The molecule has 0 radical (unpaired) electrons. The molecule has 1 unspecified atom stereocenters. The summed E-state index contributed by atoms with van der Waals surface area (Å²) in [4.78, 5) is 13.1. The number of aliphatic hydroxyl groups is 1. The highest BCUT2D eigenvalue weighted by molar-refractivity contribution is 7.13. The van der Waals surface area contributed by atoms with E-state index in [0.29, 0.717) is 28.6 Å². The minimum atomic E-state index is -1.47. The number of rotatable bonds is 4. The Labute approximate surface area is 177 Å². The van der Waals surface area contributed by atoms with Gasteiger partial charge in [-0.3, -0.25) is 4.68 Å². The fourth-order valence-electron chi connectivity index (χ4n) is 3.84. The van der Waals surface area contributed by atoms with Gasteiger partial charge in [-0.1, -0.05) is 17.7 Å². The summed E-state index contributed by atoms with van der Waals surface area (Å²) in [6.07, 6.45) is 0.306. The molecule has 1 atom stereocenters. The average molecular weight is 433 g/mol. The summed E-state index contributed by atoms with van der Waals surface area (Å²) >= 11 is 8.11. The number of benzene rings is 1. The van der Waals surface area contributed by atoms with Gasteiger partial charge in [-0.2, -0.15) is 5.10 Å². The fraction of sp³-hybridized carbons (Fsp3) is 0.333. The van der Waals surface area contributed by atoms with Crippen molar-refractivity contribution in [1.82, 2.24) is 9.78 Å². The molecule has 1 N–H and O–H groups in total. The number of ether oxygens (including phenoxy) is 2. The number of esters is 1. The zero-order valence-electron chi connectivity index (χ0n) is 16.4. The van der Waals surface area contributed by atoms with Gasteiger partial charge >= 0.3 is 5.97 Å². The van der Waals surface area contributed by atoms with Gasteiger partial charge < -0.3 is 14.6 Å². The molecular weight excluding hydrogens is 412 g/mol. The Hall–Kier alpha value is -2.35. The number of aromatic nitrogens is 2. The lowest BCUT2D eigenvalue weighted by atomic mass is 9.90. The van der Waals surface area contributed by atoms with Gasteiger partial charge in [-0.25, -0.2) is 4.79 Å². The predicted octanol–water partition coefficient (Wildman–Crippen LogP) is 4.31. The van der Waals surface area contributed by atoms with Crippen molar-refractivity contribution >= 4 is 28.9 Å². The molecule has 8 heteroatoms. The molecule has 0 spiro atoms.